The molecule has 132 valence electrons. The number of hydrogen-bond acceptors (Lipinski definition) is 5. The summed E-state index contributed by atoms with van der Waals surface area (Å²) >= 11 is 6.07. The van der Waals surface area contributed by atoms with Crippen molar-refractivity contribution in [2.45, 2.75) is 19.0 Å². The van der Waals surface area contributed by atoms with Crippen molar-refractivity contribution in [1.82, 2.24) is 9.80 Å². The van der Waals surface area contributed by atoms with Gasteiger partial charge >= 0.3 is 0 Å². The molecule has 0 bridgehead atoms. The number of ether oxygens (including phenoxy) is 2. The normalized spacial score (nSPS) is 22.9. The maximum Gasteiger partial charge on any atom is 0.148 e. The van der Waals surface area contributed by atoms with Crippen molar-refractivity contribution in [3.05, 3.63) is 34.9 Å². The predicted molar refractivity (Wildman–Crippen MR) is 93.4 cm³/mol. The zero-order valence-electron chi connectivity index (χ0n) is 14.1. The van der Waals surface area contributed by atoms with Crippen molar-refractivity contribution in [2.24, 2.45) is 0 Å². The number of halogens is 1. The number of ketones is 1. The number of hydrogen-bond donors (Lipinski definition) is 0. The Balaban J connectivity index is 1.93. The Kier molecular flexibility index (Phi) is 6.25. The van der Waals surface area contributed by atoms with E-state index in [0.717, 1.165) is 31.7 Å². The highest BCUT2D eigenvalue weighted by Crippen LogP contribution is 2.30. The molecule has 2 atom stereocenters. The first-order valence-electron chi connectivity index (χ1n) is 8.56. The SMILES string of the molecule is CC(=O)[C@H]([C@H](c1ccc(Cl)cc1)N1CCOCC1)N1CCOCC1. The zero-order chi connectivity index (χ0) is 16.9. The molecule has 0 aliphatic carbocycles. The van der Waals surface area contributed by atoms with Crippen molar-refractivity contribution in [3.8, 4) is 0 Å². The van der Waals surface area contributed by atoms with Gasteiger partial charge in [0.1, 0.15) is 5.78 Å². The highest BCUT2D eigenvalue weighted by molar-refractivity contribution is 6.30. The first-order valence-corrected chi connectivity index (χ1v) is 8.94. The van der Waals surface area contributed by atoms with E-state index in [0.29, 0.717) is 31.5 Å². The third kappa shape index (κ3) is 4.16. The van der Waals surface area contributed by atoms with Crippen LogP contribution in [0.5, 0.6) is 0 Å². The van der Waals surface area contributed by atoms with E-state index in [9.17, 15) is 4.79 Å². The van der Waals surface area contributed by atoms with Crippen LogP contribution in [0.4, 0.5) is 0 Å². The van der Waals surface area contributed by atoms with Crippen LogP contribution < -0.4 is 0 Å². The van der Waals surface area contributed by atoms with Crippen molar-refractivity contribution >= 4 is 17.4 Å². The van der Waals surface area contributed by atoms with E-state index < -0.39 is 0 Å². The molecule has 1 aromatic rings. The summed E-state index contributed by atoms with van der Waals surface area (Å²) in [7, 11) is 0. The van der Waals surface area contributed by atoms with E-state index >= 15 is 0 Å². The van der Waals surface area contributed by atoms with Crippen LogP contribution in [0.1, 0.15) is 18.5 Å². The van der Waals surface area contributed by atoms with Gasteiger partial charge in [-0.25, -0.2) is 0 Å². The Morgan fingerprint density at radius 2 is 1.46 bits per heavy atom. The van der Waals surface area contributed by atoms with E-state index in [4.69, 9.17) is 21.1 Å². The van der Waals surface area contributed by atoms with Crippen LogP contribution in [0.15, 0.2) is 24.3 Å². The standard InChI is InChI=1S/C18H25ClN2O3/c1-14(22)17(20-6-10-23-11-7-20)18(21-8-12-24-13-9-21)15-2-4-16(19)5-3-15/h2-5,17-18H,6-13H2,1H3/t17-,18+/m1/s1. The van der Waals surface area contributed by atoms with Crippen molar-refractivity contribution < 1.29 is 14.3 Å². The summed E-state index contributed by atoms with van der Waals surface area (Å²) in [5.74, 6) is 0.198. The summed E-state index contributed by atoms with van der Waals surface area (Å²) in [6, 6.07) is 7.73. The van der Waals surface area contributed by atoms with E-state index in [1.807, 2.05) is 24.3 Å². The topological polar surface area (TPSA) is 42.0 Å². The lowest BCUT2D eigenvalue weighted by atomic mass is 9.93. The highest BCUT2D eigenvalue weighted by Gasteiger charge is 2.37. The first kappa shape index (κ1) is 17.8. The lowest BCUT2D eigenvalue weighted by Crippen LogP contribution is -2.55. The summed E-state index contributed by atoms with van der Waals surface area (Å²) < 4.78 is 11.0. The summed E-state index contributed by atoms with van der Waals surface area (Å²) in [6.07, 6.45) is 0. The van der Waals surface area contributed by atoms with Gasteiger partial charge in [-0.05, 0) is 24.6 Å². The van der Waals surface area contributed by atoms with Crippen molar-refractivity contribution in [1.29, 1.82) is 0 Å². The van der Waals surface area contributed by atoms with E-state index in [2.05, 4.69) is 9.80 Å². The van der Waals surface area contributed by atoms with Gasteiger partial charge in [-0.1, -0.05) is 23.7 Å². The highest BCUT2D eigenvalue weighted by atomic mass is 35.5. The lowest BCUT2D eigenvalue weighted by Gasteiger charge is -2.43. The molecule has 2 saturated heterocycles. The molecule has 5 nitrogen and oxygen atoms in total. The van der Waals surface area contributed by atoms with E-state index in [1.165, 1.54) is 0 Å². The average Bonchev–Trinajstić information content (AvgIpc) is 2.62. The number of Topliss-reactive ketones (excluding diaryl/α,β-unsaturated/α-hetero) is 1. The largest absolute Gasteiger partial charge is 0.379 e. The van der Waals surface area contributed by atoms with Gasteiger partial charge < -0.3 is 9.47 Å². The van der Waals surface area contributed by atoms with Crippen LogP contribution in [0.25, 0.3) is 0 Å². The van der Waals surface area contributed by atoms with E-state index in [1.54, 1.807) is 6.92 Å². The van der Waals surface area contributed by atoms with Crippen LogP contribution in [-0.4, -0.2) is 74.2 Å². The Labute approximate surface area is 148 Å². The number of benzene rings is 1. The average molecular weight is 353 g/mol. The molecule has 0 unspecified atom stereocenters. The quantitative estimate of drug-likeness (QED) is 0.811. The van der Waals surface area contributed by atoms with Crippen LogP contribution in [0.3, 0.4) is 0 Å². The van der Waals surface area contributed by atoms with Crippen LogP contribution in [-0.2, 0) is 14.3 Å². The molecule has 0 N–H and O–H groups in total. The molecule has 2 aliphatic heterocycles. The fourth-order valence-corrected chi connectivity index (χ4v) is 3.77. The fourth-order valence-electron chi connectivity index (χ4n) is 3.64. The van der Waals surface area contributed by atoms with Gasteiger partial charge in [-0.3, -0.25) is 14.6 Å². The molecule has 0 amide bonds. The van der Waals surface area contributed by atoms with Crippen LogP contribution in [0.2, 0.25) is 5.02 Å². The molecular formula is C18H25ClN2O3. The molecule has 0 spiro atoms. The summed E-state index contributed by atoms with van der Waals surface area (Å²) in [5, 5.41) is 0.713. The van der Waals surface area contributed by atoms with Gasteiger partial charge in [-0.15, -0.1) is 0 Å². The lowest BCUT2D eigenvalue weighted by molar-refractivity contribution is -0.128. The minimum Gasteiger partial charge on any atom is -0.379 e. The summed E-state index contributed by atoms with van der Waals surface area (Å²) in [4.78, 5) is 17.2. The maximum absolute atomic E-state index is 12.6. The smallest absolute Gasteiger partial charge is 0.148 e. The number of rotatable bonds is 5. The second-order valence-corrected chi connectivity index (χ2v) is 6.78. The van der Waals surface area contributed by atoms with Crippen molar-refractivity contribution in [3.63, 3.8) is 0 Å². The monoisotopic (exact) mass is 352 g/mol. The molecular weight excluding hydrogens is 328 g/mol. The van der Waals surface area contributed by atoms with Gasteiger partial charge in [0.2, 0.25) is 0 Å². The fraction of sp³-hybridized carbons (Fsp3) is 0.611. The Morgan fingerprint density at radius 3 is 1.96 bits per heavy atom. The number of carbonyl (C=O) groups excluding carboxylic acids is 1. The molecule has 2 aliphatic rings. The Hall–Kier alpha value is -0.980. The number of morpholine rings is 2. The van der Waals surface area contributed by atoms with Gasteiger partial charge in [0.15, 0.2) is 0 Å². The van der Waals surface area contributed by atoms with Gasteiger partial charge in [0, 0.05) is 31.2 Å². The van der Waals surface area contributed by atoms with Crippen LogP contribution >= 0.6 is 11.6 Å². The Bertz CT molecular complexity index is 540. The molecule has 2 fully saturated rings. The molecule has 2 heterocycles. The predicted octanol–water partition coefficient (Wildman–Crippen LogP) is 2.00. The number of carbonyl (C=O) groups is 1. The van der Waals surface area contributed by atoms with Gasteiger partial charge in [0.25, 0.3) is 0 Å². The maximum atomic E-state index is 12.6. The first-order chi connectivity index (χ1) is 11.7. The minimum atomic E-state index is -0.173. The third-order valence-electron chi connectivity index (χ3n) is 4.81. The van der Waals surface area contributed by atoms with Crippen molar-refractivity contribution in [2.75, 3.05) is 52.6 Å². The summed E-state index contributed by atoms with van der Waals surface area (Å²) in [5.41, 5.74) is 1.13. The molecule has 1 aromatic carbocycles. The minimum absolute atomic E-state index is 0.0155. The molecule has 0 radical (unpaired) electrons. The third-order valence-corrected chi connectivity index (χ3v) is 5.06. The molecule has 3 rings (SSSR count). The second kappa shape index (κ2) is 8.41. The summed E-state index contributed by atoms with van der Waals surface area (Å²) in [6.45, 7) is 7.72. The molecule has 24 heavy (non-hydrogen) atoms. The van der Waals surface area contributed by atoms with Gasteiger partial charge in [0.05, 0.1) is 38.5 Å². The molecule has 0 saturated carbocycles. The van der Waals surface area contributed by atoms with Gasteiger partial charge in [-0.2, -0.15) is 0 Å². The van der Waals surface area contributed by atoms with E-state index in [-0.39, 0.29) is 17.9 Å². The zero-order valence-corrected chi connectivity index (χ0v) is 14.9. The van der Waals surface area contributed by atoms with Crippen LogP contribution in [0, 0.1) is 0 Å². The number of nitrogens with zero attached hydrogens (tertiary/aromatic N) is 2. The molecule has 0 aromatic heterocycles. The molecule has 6 heteroatoms. The second-order valence-electron chi connectivity index (χ2n) is 6.35. The Morgan fingerprint density at radius 1 is 0.958 bits per heavy atom.